The summed E-state index contributed by atoms with van der Waals surface area (Å²) in [6, 6.07) is 0. The van der Waals surface area contributed by atoms with Gasteiger partial charge in [0.25, 0.3) is 17.7 Å². The molecule has 4 nitrogen and oxygen atoms in total. The van der Waals surface area contributed by atoms with Crippen molar-refractivity contribution in [3.05, 3.63) is 0 Å². The molecule has 0 radical (unpaired) electrons. The van der Waals surface area contributed by atoms with Crippen molar-refractivity contribution in [2.45, 2.75) is 0 Å². The molecule has 0 saturated carbocycles. The first-order valence-corrected chi connectivity index (χ1v) is 12.7. The van der Waals surface area contributed by atoms with Gasteiger partial charge in [-0.2, -0.15) is 13.5 Å². The fourth-order valence-corrected chi connectivity index (χ4v) is 19.3. The Morgan fingerprint density at radius 3 is 0.846 bits per heavy atom. The zero-order valence-corrected chi connectivity index (χ0v) is 12.9. The van der Waals surface area contributed by atoms with Crippen molar-refractivity contribution in [1.82, 2.24) is 6.15 Å². The molecule has 80 valence electrons. The maximum atomic E-state index is 5.64. The van der Waals surface area contributed by atoms with E-state index in [0.717, 1.165) is 0 Å². The van der Waals surface area contributed by atoms with Gasteiger partial charge >= 0.3 is 0 Å². The summed E-state index contributed by atoms with van der Waals surface area (Å²) in [4.78, 5) is 0. The lowest BCUT2D eigenvalue weighted by molar-refractivity contribution is 1.80. The topological polar surface area (TPSA) is 72.1 Å². The van der Waals surface area contributed by atoms with E-state index in [4.69, 9.17) is 67.4 Å². The second kappa shape index (κ2) is 4.72. The molecule has 1 aliphatic rings. The van der Waals surface area contributed by atoms with Crippen molar-refractivity contribution in [3.8, 4) is 0 Å². The third-order valence-electron chi connectivity index (χ3n) is 0.646. The molecule has 13 heteroatoms. The Labute approximate surface area is 104 Å². The van der Waals surface area contributed by atoms with Crippen LogP contribution in [0.1, 0.15) is 0 Å². The Morgan fingerprint density at radius 2 is 0.692 bits per heavy atom. The smallest absolute Gasteiger partial charge is 0.257 e. The van der Waals surface area contributed by atoms with E-state index < -0.39 is 17.7 Å². The second-order valence-electron chi connectivity index (χ2n) is 1.64. The van der Waals surface area contributed by atoms with Gasteiger partial charge in [-0.3, -0.25) is 0 Å². The standard InChI is InChI=1S/Cl6N3P3.H3N/c1-10(2)7-11(3,4)9-12(5,6)8-10;/h;1H3. The third kappa shape index (κ3) is 5.31. The number of nitrogens with zero attached hydrogens (tertiary/aromatic N) is 3. The van der Waals surface area contributed by atoms with Crippen LogP contribution in [0.25, 0.3) is 0 Å². The van der Waals surface area contributed by atoms with Crippen LogP contribution in [0, 0.1) is 0 Å². The van der Waals surface area contributed by atoms with Gasteiger partial charge in [-0.25, -0.2) is 0 Å². The number of halogens is 6. The third-order valence-corrected chi connectivity index (χ3v) is 13.1. The van der Waals surface area contributed by atoms with E-state index >= 15 is 0 Å². The Morgan fingerprint density at radius 1 is 0.538 bits per heavy atom. The zero-order valence-electron chi connectivity index (χ0n) is 5.66. The summed E-state index contributed by atoms with van der Waals surface area (Å²) in [7, 11) is 0. The van der Waals surface area contributed by atoms with Crippen molar-refractivity contribution >= 4 is 85.2 Å². The molecule has 0 aromatic rings. The summed E-state index contributed by atoms with van der Waals surface area (Å²) >= 11 is 33.9. The zero-order chi connectivity index (χ0) is 9.62. The molecule has 0 aromatic carbocycles. The predicted molar refractivity (Wildman–Crippen MR) is 68.2 cm³/mol. The normalized spacial score (nSPS) is 27.2. The van der Waals surface area contributed by atoms with Crippen LogP contribution in [0.15, 0.2) is 13.5 Å². The van der Waals surface area contributed by atoms with E-state index in [-0.39, 0.29) is 6.15 Å². The molecule has 0 unspecified atom stereocenters. The molecule has 0 fully saturated rings. The number of hydrogen-bond acceptors (Lipinski definition) is 4. The molecule has 1 heterocycles. The van der Waals surface area contributed by atoms with E-state index in [0.29, 0.717) is 0 Å². The van der Waals surface area contributed by atoms with Crippen LogP contribution in [0.3, 0.4) is 0 Å². The molecule has 0 aliphatic carbocycles. The summed E-state index contributed by atoms with van der Waals surface area (Å²) in [5.74, 6) is -8.72. The molecule has 13 heavy (non-hydrogen) atoms. The molecule has 1 rings (SSSR count). The highest BCUT2D eigenvalue weighted by molar-refractivity contribution is 8.26. The van der Waals surface area contributed by atoms with E-state index in [1.807, 2.05) is 0 Å². The molecule has 0 bridgehead atoms. The molecule has 0 spiro atoms. The van der Waals surface area contributed by atoms with Gasteiger partial charge in [0.05, 0.1) is 0 Å². The predicted octanol–water partition coefficient (Wildman–Crippen LogP) is 7.43. The average Bonchev–Trinajstić information content (AvgIpc) is 1.44. The highest BCUT2D eigenvalue weighted by Crippen LogP contribution is 2.87. The molecule has 0 atom stereocenters. The molecule has 0 amide bonds. The summed E-state index contributed by atoms with van der Waals surface area (Å²) in [5.41, 5.74) is 0. The van der Waals surface area contributed by atoms with Gasteiger partial charge in [0.15, 0.2) is 0 Å². The fourth-order valence-electron chi connectivity index (χ4n) is 0.442. The van der Waals surface area contributed by atoms with Crippen molar-refractivity contribution in [3.63, 3.8) is 0 Å². The maximum absolute atomic E-state index is 5.64. The minimum absolute atomic E-state index is 0. The van der Waals surface area contributed by atoms with Crippen LogP contribution in [0.2, 0.25) is 0 Å². The van der Waals surface area contributed by atoms with Gasteiger partial charge < -0.3 is 6.15 Å². The first kappa shape index (κ1) is 15.4. The van der Waals surface area contributed by atoms with Gasteiger partial charge in [-0.1, -0.05) is 0 Å². The van der Waals surface area contributed by atoms with Gasteiger partial charge in [-0.05, 0) is 67.4 Å². The van der Waals surface area contributed by atoms with Gasteiger partial charge in [0, 0.05) is 0 Å². The first-order chi connectivity index (χ1) is 5.12. The lowest BCUT2D eigenvalue weighted by atomic mass is 13.8. The molecule has 0 saturated heterocycles. The lowest BCUT2D eigenvalue weighted by Gasteiger charge is -2.16. The summed E-state index contributed by atoms with van der Waals surface area (Å²) in [6.45, 7) is 0. The van der Waals surface area contributed by atoms with Crippen molar-refractivity contribution < 1.29 is 0 Å². The largest absolute Gasteiger partial charge is 0.344 e. The number of hydrogen-bond donors (Lipinski definition) is 1. The Balaban J connectivity index is 0.00000144. The minimum atomic E-state index is -2.91. The summed E-state index contributed by atoms with van der Waals surface area (Å²) in [5, 5.41) is 0. The van der Waals surface area contributed by atoms with Crippen LogP contribution >= 0.6 is 85.2 Å². The van der Waals surface area contributed by atoms with Crippen LogP contribution in [0.4, 0.5) is 0 Å². The van der Waals surface area contributed by atoms with Crippen molar-refractivity contribution in [2.75, 3.05) is 0 Å². The minimum Gasteiger partial charge on any atom is -0.344 e. The molecule has 0 aromatic heterocycles. The van der Waals surface area contributed by atoms with E-state index in [1.54, 1.807) is 0 Å². The molecule has 1 aliphatic heterocycles. The highest BCUT2D eigenvalue weighted by Gasteiger charge is 2.30. The lowest BCUT2D eigenvalue weighted by Crippen LogP contribution is -1.62. The van der Waals surface area contributed by atoms with Crippen LogP contribution < -0.4 is 6.15 Å². The average molecular weight is 365 g/mol. The van der Waals surface area contributed by atoms with E-state index in [9.17, 15) is 0 Å². The van der Waals surface area contributed by atoms with Gasteiger partial charge in [0.2, 0.25) is 0 Å². The van der Waals surface area contributed by atoms with Gasteiger partial charge in [-0.15, -0.1) is 0 Å². The second-order valence-corrected chi connectivity index (χ2v) is 16.6. The summed E-state index contributed by atoms with van der Waals surface area (Å²) < 4.78 is 11.0. The van der Waals surface area contributed by atoms with Crippen LogP contribution in [0.5, 0.6) is 0 Å². The van der Waals surface area contributed by atoms with Crippen molar-refractivity contribution in [1.29, 1.82) is 0 Å². The monoisotopic (exact) mass is 362 g/mol. The SMILES string of the molecule is ClP1(Cl)=NP(Cl)(Cl)=NP(Cl)(Cl)=N1.N. The van der Waals surface area contributed by atoms with Crippen molar-refractivity contribution in [2.24, 2.45) is 13.5 Å². The van der Waals surface area contributed by atoms with Crippen LogP contribution in [-0.2, 0) is 0 Å². The maximum Gasteiger partial charge on any atom is 0.257 e. The van der Waals surface area contributed by atoms with Crippen LogP contribution in [-0.4, -0.2) is 0 Å². The molecular formula is H3Cl6N4P3. The number of rotatable bonds is 0. The Kier molecular flexibility index (Phi) is 5.58. The first-order valence-electron chi connectivity index (χ1n) is 2.21. The highest BCUT2D eigenvalue weighted by atomic mass is 35.9. The Bertz CT molecular complexity index is 276. The summed E-state index contributed by atoms with van der Waals surface area (Å²) in [6.07, 6.45) is 0. The fraction of sp³-hybridized carbons (Fsp3) is 0. The Hall–Kier alpha value is 2.39. The van der Waals surface area contributed by atoms with E-state index in [1.165, 1.54) is 0 Å². The van der Waals surface area contributed by atoms with Gasteiger partial charge in [0.1, 0.15) is 0 Å². The quantitative estimate of drug-likeness (QED) is 0.446. The molecular weight excluding hydrogens is 362 g/mol. The van der Waals surface area contributed by atoms with E-state index in [2.05, 4.69) is 13.5 Å². The molecule has 3 N–H and O–H groups in total.